The molecule has 5 nitrogen and oxygen atoms in total. The summed E-state index contributed by atoms with van der Waals surface area (Å²) < 4.78 is 16.5. The molecule has 4 atom stereocenters. The Hall–Kier alpha value is -1.46. The molecule has 2 bridgehead atoms. The van der Waals surface area contributed by atoms with Crippen LogP contribution in [0.15, 0.2) is 6.07 Å². The Kier molecular flexibility index (Phi) is 3.46. The van der Waals surface area contributed by atoms with Gasteiger partial charge >= 0.3 is 0 Å². The third kappa shape index (κ3) is 1.93. The number of ether oxygens (including phenoxy) is 3. The maximum atomic E-state index is 11.0. The summed E-state index contributed by atoms with van der Waals surface area (Å²) >= 11 is 0. The van der Waals surface area contributed by atoms with Gasteiger partial charge in [-0.1, -0.05) is 0 Å². The van der Waals surface area contributed by atoms with Crippen molar-refractivity contribution in [3.63, 3.8) is 0 Å². The van der Waals surface area contributed by atoms with Crippen molar-refractivity contribution in [1.82, 2.24) is 4.90 Å². The Morgan fingerprint density at radius 3 is 2.74 bits per heavy atom. The van der Waals surface area contributed by atoms with E-state index in [9.17, 15) is 5.11 Å². The average Bonchev–Trinajstić information content (AvgIpc) is 2.84. The minimum absolute atomic E-state index is 0.0340. The number of hydrogen-bond donors (Lipinski definition) is 1. The minimum atomic E-state index is 0.0340. The zero-order chi connectivity index (χ0) is 16.2. The van der Waals surface area contributed by atoms with Gasteiger partial charge in [0.05, 0.1) is 20.3 Å². The number of rotatable bonds is 3. The molecule has 126 valence electrons. The van der Waals surface area contributed by atoms with Crippen molar-refractivity contribution in [2.45, 2.75) is 49.8 Å². The van der Waals surface area contributed by atoms with Gasteiger partial charge in [-0.2, -0.15) is 0 Å². The minimum Gasteiger partial charge on any atom is -0.504 e. The highest BCUT2D eigenvalue weighted by Gasteiger charge is 2.56. The van der Waals surface area contributed by atoms with Crippen LogP contribution in [0.25, 0.3) is 0 Å². The van der Waals surface area contributed by atoms with Crippen LogP contribution in [0.1, 0.15) is 36.8 Å². The Morgan fingerprint density at radius 1 is 1.22 bits per heavy atom. The predicted octanol–water partition coefficient (Wildman–Crippen LogP) is 2.43. The number of phenols is 1. The molecule has 1 saturated heterocycles. The van der Waals surface area contributed by atoms with Crippen LogP contribution < -0.4 is 9.47 Å². The molecular weight excluding hydrogens is 294 g/mol. The van der Waals surface area contributed by atoms with Crippen molar-refractivity contribution < 1.29 is 19.3 Å². The smallest absolute Gasteiger partial charge is 0.203 e. The molecule has 1 aromatic rings. The number of methoxy groups -OCH3 is 3. The lowest BCUT2D eigenvalue weighted by Gasteiger charge is -2.49. The van der Waals surface area contributed by atoms with Crippen LogP contribution in [-0.4, -0.2) is 50.0 Å². The SMILES string of the molecule is COc1cc2c(c(O)c1OC)[C@]13CC[C@@H](OC)C[C@H]1N(CC3)C2. The number of benzene rings is 1. The van der Waals surface area contributed by atoms with Gasteiger partial charge in [0.1, 0.15) is 0 Å². The molecule has 3 aliphatic rings. The molecule has 1 aliphatic carbocycles. The number of hydrogen-bond acceptors (Lipinski definition) is 5. The van der Waals surface area contributed by atoms with E-state index in [0.717, 1.165) is 44.3 Å². The van der Waals surface area contributed by atoms with Crippen LogP contribution in [0.3, 0.4) is 0 Å². The van der Waals surface area contributed by atoms with E-state index in [4.69, 9.17) is 14.2 Å². The first kappa shape index (κ1) is 15.1. The van der Waals surface area contributed by atoms with Gasteiger partial charge in [-0.05, 0) is 43.9 Å². The van der Waals surface area contributed by atoms with E-state index in [1.165, 1.54) is 5.56 Å². The summed E-state index contributed by atoms with van der Waals surface area (Å²) in [6, 6.07) is 2.50. The molecule has 1 aromatic carbocycles. The first-order valence-corrected chi connectivity index (χ1v) is 8.38. The number of fused-ring (bicyclic) bond motifs is 1. The number of nitrogens with zero attached hydrogens (tertiary/aromatic N) is 1. The van der Waals surface area contributed by atoms with Gasteiger partial charge in [-0.3, -0.25) is 4.90 Å². The van der Waals surface area contributed by atoms with E-state index in [1.807, 2.05) is 13.2 Å². The summed E-state index contributed by atoms with van der Waals surface area (Å²) in [5.74, 6) is 1.36. The van der Waals surface area contributed by atoms with Gasteiger partial charge in [0.15, 0.2) is 11.5 Å². The molecule has 23 heavy (non-hydrogen) atoms. The zero-order valence-corrected chi connectivity index (χ0v) is 14.1. The molecule has 4 rings (SSSR count). The number of aromatic hydroxyl groups is 1. The number of phenolic OH excluding ortho intramolecular Hbond substituents is 1. The molecular formula is C18H25NO4. The fourth-order valence-corrected chi connectivity index (χ4v) is 5.21. The molecule has 0 aromatic heterocycles. The zero-order valence-electron chi connectivity index (χ0n) is 14.1. The maximum absolute atomic E-state index is 11.0. The quantitative estimate of drug-likeness (QED) is 0.927. The molecule has 5 heteroatoms. The van der Waals surface area contributed by atoms with Crippen LogP contribution in [-0.2, 0) is 16.7 Å². The molecule has 0 amide bonds. The Morgan fingerprint density at radius 2 is 2.04 bits per heavy atom. The van der Waals surface area contributed by atoms with E-state index in [0.29, 0.717) is 23.6 Å². The van der Waals surface area contributed by atoms with Crippen molar-refractivity contribution >= 4 is 0 Å². The van der Waals surface area contributed by atoms with Gasteiger partial charge in [0.2, 0.25) is 5.75 Å². The second-order valence-electron chi connectivity index (χ2n) is 7.02. The summed E-state index contributed by atoms with van der Waals surface area (Å²) in [5, 5.41) is 11.0. The Labute approximate surface area is 137 Å². The van der Waals surface area contributed by atoms with Crippen LogP contribution in [0.4, 0.5) is 0 Å². The second-order valence-corrected chi connectivity index (χ2v) is 7.02. The summed E-state index contributed by atoms with van der Waals surface area (Å²) in [4.78, 5) is 2.55. The lowest BCUT2D eigenvalue weighted by atomic mass is 9.62. The van der Waals surface area contributed by atoms with E-state index < -0.39 is 0 Å². The van der Waals surface area contributed by atoms with Crippen molar-refractivity contribution in [3.8, 4) is 17.2 Å². The van der Waals surface area contributed by atoms with Crippen LogP contribution in [0.2, 0.25) is 0 Å². The van der Waals surface area contributed by atoms with Gasteiger partial charge < -0.3 is 19.3 Å². The lowest BCUT2D eigenvalue weighted by Crippen LogP contribution is -2.51. The van der Waals surface area contributed by atoms with Crippen LogP contribution in [0, 0.1) is 0 Å². The highest BCUT2D eigenvalue weighted by molar-refractivity contribution is 5.62. The normalized spacial score (nSPS) is 34.7. The average molecular weight is 319 g/mol. The predicted molar refractivity (Wildman–Crippen MR) is 86.4 cm³/mol. The highest BCUT2D eigenvalue weighted by atomic mass is 16.5. The Bertz CT molecular complexity index is 632. The van der Waals surface area contributed by atoms with Crippen molar-refractivity contribution in [1.29, 1.82) is 0 Å². The fraction of sp³-hybridized carbons (Fsp3) is 0.667. The monoisotopic (exact) mass is 319 g/mol. The van der Waals surface area contributed by atoms with E-state index in [-0.39, 0.29) is 11.2 Å². The topological polar surface area (TPSA) is 51.2 Å². The van der Waals surface area contributed by atoms with Crippen LogP contribution in [0.5, 0.6) is 17.2 Å². The first-order chi connectivity index (χ1) is 11.1. The van der Waals surface area contributed by atoms with Gasteiger partial charge in [-0.15, -0.1) is 0 Å². The summed E-state index contributed by atoms with van der Waals surface area (Å²) in [6.45, 7) is 1.95. The van der Waals surface area contributed by atoms with E-state index in [2.05, 4.69) is 4.90 Å². The van der Waals surface area contributed by atoms with Crippen LogP contribution >= 0.6 is 0 Å². The summed E-state index contributed by atoms with van der Waals surface area (Å²) in [5.41, 5.74) is 2.32. The Balaban J connectivity index is 1.87. The molecule has 1 saturated carbocycles. The first-order valence-electron chi connectivity index (χ1n) is 8.38. The second kappa shape index (κ2) is 5.28. The largest absolute Gasteiger partial charge is 0.504 e. The van der Waals surface area contributed by atoms with Gasteiger partial charge in [0.25, 0.3) is 0 Å². The summed E-state index contributed by atoms with van der Waals surface area (Å²) in [6.07, 6.45) is 4.59. The molecule has 2 aliphatic heterocycles. The third-order valence-electron chi connectivity index (χ3n) is 6.25. The highest BCUT2D eigenvalue weighted by Crippen LogP contribution is 2.58. The van der Waals surface area contributed by atoms with Crippen molar-refractivity contribution in [3.05, 3.63) is 17.2 Å². The van der Waals surface area contributed by atoms with Gasteiger partial charge in [0, 0.05) is 30.7 Å². The standard InChI is InChI=1S/C18H25NO4/c1-21-12-4-5-18-6-7-19(14(18)9-12)10-11-8-13(22-2)17(23-3)16(20)15(11)18/h8,12,14,20H,4-7,9-10H2,1-3H3/t12-,14-,18+/m1/s1. The summed E-state index contributed by atoms with van der Waals surface area (Å²) in [7, 11) is 5.01. The molecule has 0 spiro atoms. The maximum Gasteiger partial charge on any atom is 0.203 e. The molecule has 2 fully saturated rings. The molecule has 1 N–H and O–H groups in total. The molecule has 0 radical (unpaired) electrons. The fourth-order valence-electron chi connectivity index (χ4n) is 5.21. The van der Waals surface area contributed by atoms with E-state index in [1.54, 1.807) is 14.2 Å². The lowest BCUT2D eigenvalue weighted by molar-refractivity contribution is 0.00848. The molecule has 2 heterocycles. The van der Waals surface area contributed by atoms with Gasteiger partial charge in [-0.25, -0.2) is 0 Å². The van der Waals surface area contributed by atoms with Crippen molar-refractivity contribution in [2.75, 3.05) is 27.9 Å². The molecule has 1 unspecified atom stereocenters. The third-order valence-corrected chi connectivity index (χ3v) is 6.25. The van der Waals surface area contributed by atoms with Crippen molar-refractivity contribution in [2.24, 2.45) is 0 Å². The van der Waals surface area contributed by atoms with E-state index >= 15 is 0 Å².